The maximum atomic E-state index is 14.1. The number of aryl methyl sites for hydroxylation is 1. The quantitative estimate of drug-likeness (QED) is 0.512. The highest BCUT2D eigenvalue weighted by atomic mass is 19.1. The van der Waals surface area contributed by atoms with Crippen LogP contribution < -0.4 is 5.32 Å². The molecular weight excluding hydrogens is 401 g/mol. The van der Waals surface area contributed by atoms with E-state index >= 15 is 0 Å². The number of rotatable bonds is 4. The number of nitrogens with zero attached hydrogens (tertiary/aromatic N) is 2. The summed E-state index contributed by atoms with van der Waals surface area (Å²) in [5, 5.41) is 4.25. The molecule has 0 aliphatic carbocycles. The van der Waals surface area contributed by atoms with Gasteiger partial charge in [-0.3, -0.25) is 4.79 Å². The molecule has 5 heteroatoms. The minimum absolute atomic E-state index is 0.0430. The van der Waals surface area contributed by atoms with Crippen molar-refractivity contribution in [3.05, 3.63) is 101 Å². The Labute approximate surface area is 187 Å². The normalized spacial score (nSPS) is 14.1. The summed E-state index contributed by atoms with van der Waals surface area (Å²) in [7, 11) is 0. The standard InChI is InChI=1S/C27H26FN3O/c1-19-11-12-21(28)17-20(19)18-25-26(27(32)30-15-13-29-14-16-30)23-9-5-6-10-24(23)31(25)22-7-3-2-4-8-22/h2-12,17,29H,13-16,18H2,1H3. The zero-order valence-electron chi connectivity index (χ0n) is 18.1. The number of aromatic nitrogens is 1. The lowest BCUT2D eigenvalue weighted by Gasteiger charge is -2.28. The third kappa shape index (κ3) is 3.69. The van der Waals surface area contributed by atoms with Crippen LogP contribution in [0.25, 0.3) is 16.6 Å². The van der Waals surface area contributed by atoms with Crippen molar-refractivity contribution in [3.8, 4) is 5.69 Å². The van der Waals surface area contributed by atoms with Crippen LogP contribution in [0.1, 0.15) is 27.2 Å². The molecule has 0 bridgehead atoms. The van der Waals surface area contributed by atoms with Gasteiger partial charge in [-0.25, -0.2) is 4.39 Å². The molecule has 2 heterocycles. The van der Waals surface area contributed by atoms with Crippen molar-refractivity contribution in [2.24, 2.45) is 0 Å². The van der Waals surface area contributed by atoms with Crippen molar-refractivity contribution in [3.63, 3.8) is 0 Å². The van der Waals surface area contributed by atoms with Gasteiger partial charge < -0.3 is 14.8 Å². The first-order chi connectivity index (χ1) is 15.6. The molecule has 0 atom stereocenters. The van der Waals surface area contributed by atoms with Gasteiger partial charge in [-0.05, 0) is 48.4 Å². The summed E-state index contributed by atoms with van der Waals surface area (Å²) in [5.74, 6) is -0.218. The molecule has 0 saturated carbocycles. The first-order valence-electron chi connectivity index (χ1n) is 11.1. The van der Waals surface area contributed by atoms with E-state index in [1.807, 2.05) is 60.4 Å². The summed E-state index contributed by atoms with van der Waals surface area (Å²) in [6.07, 6.45) is 0.473. The van der Waals surface area contributed by atoms with Crippen LogP contribution in [0.4, 0.5) is 4.39 Å². The number of carbonyl (C=O) groups excluding carboxylic acids is 1. The molecule has 0 spiro atoms. The number of amides is 1. The summed E-state index contributed by atoms with van der Waals surface area (Å²) in [6, 6.07) is 23.0. The van der Waals surface area contributed by atoms with Gasteiger partial charge in [-0.15, -0.1) is 0 Å². The molecule has 4 nitrogen and oxygen atoms in total. The van der Waals surface area contributed by atoms with E-state index in [2.05, 4.69) is 16.0 Å². The van der Waals surface area contributed by atoms with Crippen molar-refractivity contribution >= 4 is 16.8 Å². The fourth-order valence-corrected chi connectivity index (χ4v) is 4.61. The summed E-state index contributed by atoms with van der Waals surface area (Å²) >= 11 is 0. The van der Waals surface area contributed by atoms with Gasteiger partial charge in [-0.1, -0.05) is 42.5 Å². The molecule has 1 N–H and O–H groups in total. The second kappa shape index (κ2) is 8.60. The van der Waals surface area contributed by atoms with Crippen molar-refractivity contribution in [2.75, 3.05) is 26.2 Å². The third-order valence-electron chi connectivity index (χ3n) is 6.27. The topological polar surface area (TPSA) is 37.3 Å². The first-order valence-corrected chi connectivity index (χ1v) is 11.1. The molecule has 1 fully saturated rings. The van der Waals surface area contributed by atoms with Crippen LogP contribution in [0.2, 0.25) is 0 Å². The Bertz CT molecular complexity index is 1270. The monoisotopic (exact) mass is 427 g/mol. The Morgan fingerprint density at radius 3 is 2.47 bits per heavy atom. The van der Waals surface area contributed by atoms with Crippen LogP contribution in [-0.2, 0) is 6.42 Å². The summed E-state index contributed by atoms with van der Waals surface area (Å²) in [6.45, 7) is 4.94. The van der Waals surface area contributed by atoms with Gasteiger partial charge in [0.1, 0.15) is 5.82 Å². The Morgan fingerprint density at radius 2 is 1.69 bits per heavy atom. The van der Waals surface area contributed by atoms with Crippen LogP contribution in [0.5, 0.6) is 0 Å². The fraction of sp³-hybridized carbons (Fsp3) is 0.222. The average Bonchev–Trinajstić information content (AvgIpc) is 3.15. The van der Waals surface area contributed by atoms with E-state index in [9.17, 15) is 9.18 Å². The second-order valence-electron chi connectivity index (χ2n) is 8.30. The van der Waals surface area contributed by atoms with Gasteiger partial charge in [0.25, 0.3) is 5.91 Å². The van der Waals surface area contributed by atoms with Gasteiger partial charge in [0.15, 0.2) is 0 Å². The summed E-state index contributed by atoms with van der Waals surface area (Å²) < 4.78 is 16.3. The number of nitrogens with one attached hydrogen (secondary N) is 1. The van der Waals surface area contributed by atoms with Crippen molar-refractivity contribution in [2.45, 2.75) is 13.3 Å². The number of hydrogen-bond acceptors (Lipinski definition) is 2. The van der Waals surface area contributed by atoms with E-state index in [-0.39, 0.29) is 11.7 Å². The van der Waals surface area contributed by atoms with E-state index in [0.717, 1.165) is 52.1 Å². The third-order valence-corrected chi connectivity index (χ3v) is 6.27. The molecule has 5 rings (SSSR count). The van der Waals surface area contributed by atoms with E-state index in [1.54, 1.807) is 12.1 Å². The lowest BCUT2D eigenvalue weighted by molar-refractivity contribution is 0.0736. The predicted molar refractivity (Wildman–Crippen MR) is 126 cm³/mol. The zero-order chi connectivity index (χ0) is 22.1. The first kappa shape index (κ1) is 20.5. The lowest BCUT2D eigenvalue weighted by atomic mass is 9.99. The van der Waals surface area contributed by atoms with Crippen molar-refractivity contribution < 1.29 is 9.18 Å². The van der Waals surface area contributed by atoms with E-state index in [0.29, 0.717) is 19.5 Å². The molecule has 162 valence electrons. The number of carbonyl (C=O) groups is 1. The van der Waals surface area contributed by atoms with Gasteiger partial charge in [0.2, 0.25) is 0 Å². The average molecular weight is 428 g/mol. The maximum Gasteiger partial charge on any atom is 0.256 e. The molecule has 1 aliphatic rings. The number of para-hydroxylation sites is 2. The van der Waals surface area contributed by atoms with E-state index in [1.165, 1.54) is 6.07 Å². The molecule has 1 aliphatic heterocycles. The fourth-order valence-electron chi connectivity index (χ4n) is 4.61. The highest BCUT2D eigenvalue weighted by Crippen LogP contribution is 2.33. The van der Waals surface area contributed by atoms with Crippen molar-refractivity contribution in [1.29, 1.82) is 0 Å². The molecule has 0 radical (unpaired) electrons. The predicted octanol–water partition coefficient (Wildman–Crippen LogP) is 4.71. The van der Waals surface area contributed by atoms with Crippen LogP contribution in [-0.4, -0.2) is 41.6 Å². The molecule has 1 amide bonds. The van der Waals surface area contributed by atoms with Gasteiger partial charge in [0, 0.05) is 49.4 Å². The number of benzene rings is 3. The van der Waals surface area contributed by atoms with Crippen LogP contribution in [0.15, 0.2) is 72.8 Å². The lowest BCUT2D eigenvalue weighted by Crippen LogP contribution is -2.46. The molecule has 3 aromatic carbocycles. The Hall–Kier alpha value is -3.44. The van der Waals surface area contributed by atoms with Crippen LogP contribution in [0, 0.1) is 12.7 Å². The Morgan fingerprint density at radius 1 is 0.969 bits per heavy atom. The molecule has 4 aromatic rings. The van der Waals surface area contributed by atoms with Crippen molar-refractivity contribution in [1.82, 2.24) is 14.8 Å². The Balaban J connectivity index is 1.76. The minimum Gasteiger partial charge on any atom is -0.336 e. The van der Waals surface area contributed by atoms with E-state index < -0.39 is 0 Å². The number of fused-ring (bicyclic) bond motifs is 1. The van der Waals surface area contributed by atoms with Crippen LogP contribution >= 0.6 is 0 Å². The molecule has 32 heavy (non-hydrogen) atoms. The number of hydrogen-bond donors (Lipinski definition) is 1. The largest absolute Gasteiger partial charge is 0.336 e. The SMILES string of the molecule is Cc1ccc(F)cc1Cc1c(C(=O)N2CCNCC2)c2ccccc2n1-c1ccccc1. The molecule has 1 aromatic heterocycles. The number of halogens is 1. The second-order valence-corrected chi connectivity index (χ2v) is 8.30. The van der Waals surface area contributed by atoms with E-state index in [4.69, 9.17) is 0 Å². The summed E-state index contributed by atoms with van der Waals surface area (Å²) in [5.41, 5.74) is 5.49. The smallest absolute Gasteiger partial charge is 0.256 e. The summed E-state index contributed by atoms with van der Waals surface area (Å²) in [4.78, 5) is 15.8. The number of piperazine rings is 1. The van der Waals surface area contributed by atoms with Gasteiger partial charge in [0.05, 0.1) is 11.1 Å². The van der Waals surface area contributed by atoms with Gasteiger partial charge in [-0.2, -0.15) is 0 Å². The highest BCUT2D eigenvalue weighted by molar-refractivity contribution is 6.09. The Kier molecular flexibility index (Phi) is 5.50. The molecular formula is C27H26FN3O. The van der Waals surface area contributed by atoms with Gasteiger partial charge >= 0.3 is 0 Å². The zero-order valence-corrected chi connectivity index (χ0v) is 18.1. The molecule has 1 saturated heterocycles. The highest BCUT2D eigenvalue weighted by Gasteiger charge is 2.28. The minimum atomic E-state index is -0.261. The van der Waals surface area contributed by atoms with Crippen LogP contribution in [0.3, 0.4) is 0 Å². The maximum absolute atomic E-state index is 14.1. The molecule has 0 unspecified atom stereocenters.